The van der Waals surface area contributed by atoms with Crippen LogP contribution < -0.4 is 0 Å². The first-order valence-corrected chi connectivity index (χ1v) is 8.64. The highest BCUT2D eigenvalue weighted by Crippen LogP contribution is 2.60. The maximum atomic E-state index is 2.43. The Morgan fingerprint density at radius 1 is 0.889 bits per heavy atom. The lowest BCUT2D eigenvalue weighted by atomic mass is 9.48. The highest BCUT2D eigenvalue weighted by molar-refractivity contribution is 7.98. The third kappa shape index (κ3) is 1.66. The molecule has 4 aliphatic carbocycles. The molecule has 0 aliphatic heterocycles. The summed E-state index contributed by atoms with van der Waals surface area (Å²) in [7, 11) is 0. The first-order chi connectivity index (χ1) is 8.77. The van der Waals surface area contributed by atoms with Gasteiger partial charge in [0, 0.05) is 4.90 Å². The molecule has 4 aliphatic rings. The number of hydrogen-bond acceptors (Lipinski definition) is 1. The summed E-state index contributed by atoms with van der Waals surface area (Å²) in [5.41, 5.74) is 2.23. The summed E-state index contributed by atoms with van der Waals surface area (Å²) in [5, 5.41) is 0. The normalized spacial score (nSPS) is 41.3. The van der Waals surface area contributed by atoms with E-state index in [4.69, 9.17) is 0 Å². The molecule has 5 rings (SSSR count). The van der Waals surface area contributed by atoms with Gasteiger partial charge in [-0.1, -0.05) is 12.1 Å². The lowest BCUT2D eigenvalue weighted by Crippen LogP contribution is -2.48. The zero-order chi connectivity index (χ0) is 12.2. The van der Waals surface area contributed by atoms with Gasteiger partial charge in [-0.3, -0.25) is 0 Å². The Balaban J connectivity index is 1.70. The monoisotopic (exact) mass is 258 g/mol. The molecule has 1 heteroatoms. The lowest BCUT2D eigenvalue weighted by Gasteiger charge is -2.57. The smallest absolute Gasteiger partial charge is 0.00693 e. The fourth-order valence-electron chi connectivity index (χ4n) is 5.41. The van der Waals surface area contributed by atoms with Gasteiger partial charge in [-0.15, -0.1) is 11.8 Å². The molecule has 4 saturated carbocycles. The Bertz CT molecular complexity index is 410. The third-order valence-electron chi connectivity index (χ3n) is 5.74. The van der Waals surface area contributed by atoms with Gasteiger partial charge in [-0.05, 0) is 85.6 Å². The van der Waals surface area contributed by atoms with Crippen LogP contribution in [-0.4, -0.2) is 6.26 Å². The fourth-order valence-corrected chi connectivity index (χ4v) is 5.82. The summed E-state index contributed by atoms with van der Waals surface area (Å²) in [6.45, 7) is 0. The minimum atomic E-state index is 0.575. The van der Waals surface area contributed by atoms with Crippen molar-refractivity contribution in [1.29, 1.82) is 0 Å². The molecule has 1 aromatic rings. The van der Waals surface area contributed by atoms with Crippen molar-refractivity contribution in [3.05, 3.63) is 29.8 Å². The molecule has 18 heavy (non-hydrogen) atoms. The van der Waals surface area contributed by atoms with Gasteiger partial charge in [0.15, 0.2) is 0 Å². The fraction of sp³-hybridized carbons (Fsp3) is 0.647. The largest absolute Gasteiger partial charge is 0.130 e. The van der Waals surface area contributed by atoms with Gasteiger partial charge < -0.3 is 0 Å². The molecule has 0 N–H and O–H groups in total. The minimum absolute atomic E-state index is 0.575. The van der Waals surface area contributed by atoms with E-state index in [-0.39, 0.29) is 0 Å². The van der Waals surface area contributed by atoms with Crippen LogP contribution in [0, 0.1) is 17.8 Å². The van der Waals surface area contributed by atoms with Crippen LogP contribution in [-0.2, 0) is 5.41 Å². The van der Waals surface area contributed by atoms with Gasteiger partial charge in [0.2, 0.25) is 0 Å². The van der Waals surface area contributed by atoms with Gasteiger partial charge in [0.25, 0.3) is 0 Å². The summed E-state index contributed by atoms with van der Waals surface area (Å²) in [5.74, 6) is 3.16. The minimum Gasteiger partial charge on any atom is -0.130 e. The Morgan fingerprint density at radius 2 is 1.39 bits per heavy atom. The molecule has 0 unspecified atom stereocenters. The second-order valence-corrected chi connectivity index (χ2v) is 7.81. The van der Waals surface area contributed by atoms with E-state index in [1.165, 1.54) is 24.2 Å². The van der Waals surface area contributed by atoms with Crippen molar-refractivity contribution in [1.82, 2.24) is 0 Å². The first kappa shape index (κ1) is 11.4. The van der Waals surface area contributed by atoms with Crippen LogP contribution in [0.25, 0.3) is 0 Å². The molecule has 96 valence electrons. The Hall–Kier alpha value is -0.430. The molecule has 0 atom stereocenters. The van der Waals surface area contributed by atoms with E-state index >= 15 is 0 Å². The number of benzene rings is 1. The van der Waals surface area contributed by atoms with E-state index in [9.17, 15) is 0 Å². The van der Waals surface area contributed by atoms with Crippen molar-refractivity contribution < 1.29 is 0 Å². The summed E-state index contributed by atoms with van der Waals surface area (Å²) in [6.07, 6.45) is 11.2. The topological polar surface area (TPSA) is 0 Å². The van der Waals surface area contributed by atoms with Crippen LogP contribution in [0.1, 0.15) is 44.1 Å². The van der Waals surface area contributed by atoms with Gasteiger partial charge in [-0.25, -0.2) is 0 Å². The van der Waals surface area contributed by atoms with Gasteiger partial charge in [0.1, 0.15) is 0 Å². The van der Waals surface area contributed by atoms with Gasteiger partial charge in [-0.2, -0.15) is 0 Å². The summed E-state index contributed by atoms with van der Waals surface area (Å²) < 4.78 is 0. The highest BCUT2D eigenvalue weighted by Gasteiger charge is 2.51. The predicted octanol–water partition coefficient (Wildman–Crippen LogP) is 4.88. The zero-order valence-electron chi connectivity index (χ0n) is 11.2. The second-order valence-electron chi connectivity index (χ2n) is 6.93. The van der Waals surface area contributed by atoms with E-state index in [0.29, 0.717) is 5.41 Å². The van der Waals surface area contributed by atoms with Crippen molar-refractivity contribution >= 4 is 11.8 Å². The van der Waals surface area contributed by atoms with E-state index in [1.807, 2.05) is 11.8 Å². The molecular weight excluding hydrogens is 236 g/mol. The molecule has 0 spiro atoms. The van der Waals surface area contributed by atoms with Crippen LogP contribution in [0.4, 0.5) is 0 Å². The Kier molecular flexibility index (Phi) is 2.55. The van der Waals surface area contributed by atoms with Crippen molar-refractivity contribution in [2.45, 2.75) is 48.8 Å². The summed E-state index contributed by atoms with van der Waals surface area (Å²) in [6, 6.07) is 9.52. The van der Waals surface area contributed by atoms with Crippen molar-refractivity contribution in [2.75, 3.05) is 6.26 Å². The first-order valence-electron chi connectivity index (χ1n) is 7.42. The van der Waals surface area contributed by atoms with Gasteiger partial charge >= 0.3 is 0 Å². The molecule has 0 heterocycles. The second kappa shape index (κ2) is 4.03. The maximum absolute atomic E-state index is 2.43. The molecular formula is C17H22S. The molecule has 0 aromatic heterocycles. The number of rotatable bonds is 2. The molecule has 4 fully saturated rings. The third-order valence-corrected chi connectivity index (χ3v) is 6.48. The average molecular weight is 258 g/mol. The van der Waals surface area contributed by atoms with E-state index < -0.39 is 0 Å². The zero-order valence-corrected chi connectivity index (χ0v) is 12.0. The molecule has 0 radical (unpaired) electrons. The quantitative estimate of drug-likeness (QED) is 0.682. The molecule has 0 saturated heterocycles. The summed E-state index contributed by atoms with van der Waals surface area (Å²) in [4.78, 5) is 1.41. The van der Waals surface area contributed by atoms with Crippen molar-refractivity contribution in [3.8, 4) is 0 Å². The molecule has 4 bridgehead atoms. The highest BCUT2D eigenvalue weighted by atomic mass is 32.2. The Morgan fingerprint density at radius 3 is 1.83 bits per heavy atom. The molecule has 1 aromatic carbocycles. The van der Waals surface area contributed by atoms with E-state index in [2.05, 4.69) is 30.5 Å². The Labute approximate surface area is 115 Å². The van der Waals surface area contributed by atoms with Crippen LogP contribution in [0.2, 0.25) is 0 Å². The molecule has 0 amide bonds. The van der Waals surface area contributed by atoms with Crippen molar-refractivity contribution in [3.63, 3.8) is 0 Å². The van der Waals surface area contributed by atoms with Crippen LogP contribution in [0.3, 0.4) is 0 Å². The van der Waals surface area contributed by atoms with E-state index in [1.54, 1.807) is 24.8 Å². The van der Waals surface area contributed by atoms with Crippen LogP contribution >= 0.6 is 11.8 Å². The predicted molar refractivity (Wildman–Crippen MR) is 78.1 cm³/mol. The number of thioether (sulfide) groups is 1. The maximum Gasteiger partial charge on any atom is 0.00693 e. The average Bonchev–Trinajstić information content (AvgIpc) is 2.37. The standard InChI is InChI=1S/C17H22S/c1-18-16-4-2-15(3-5-16)17-9-12-6-13(10-17)8-14(7-12)11-17/h2-5,12-14H,6-11H2,1H3. The number of hydrogen-bond donors (Lipinski definition) is 0. The van der Waals surface area contributed by atoms with Gasteiger partial charge in [0.05, 0.1) is 0 Å². The SMILES string of the molecule is CSc1ccc(C23CC4CC(CC(C4)C2)C3)cc1. The van der Waals surface area contributed by atoms with E-state index in [0.717, 1.165) is 17.8 Å². The van der Waals surface area contributed by atoms with Crippen LogP contribution in [0.5, 0.6) is 0 Å². The lowest BCUT2D eigenvalue weighted by molar-refractivity contribution is -0.00520. The summed E-state index contributed by atoms with van der Waals surface area (Å²) >= 11 is 1.85. The molecule has 0 nitrogen and oxygen atoms in total. The van der Waals surface area contributed by atoms with Crippen LogP contribution in [0.15, 0.2) is 29.2 Å². The van der Waals surface area contributed by atoms with Crippen molar-refractivity contribution in [2.24, 2.45) is 17.8 Å².